The minimum Gasteiger partial charge on any atom is -0.313 e. The molecule has 0 radical (unpaired) electrons. The summed E-state index contributed by atoms with van der Waals surface area (Å²) >= 11 is 0. The molecule has 0 amide bonds. The van der Waals surface area contributed by atoms with E-state index in [-0.39, 0.29) is 0 Å². The molecule has 0 spiro atoms. The second-order valence-corrected chi connectivity index (χ2v) is 4.28. The highest BCUT2D eigenvalue weighted by atomic mass is 14.9. The maximum Gasteiger partial charge on any atom is 0.0320 e. The summed E-state index contributed by atoms with van der Waals surface area (Å²) in [4.78, 5) is 0. The number of hydrogen-bond donors (Lipinski definition) is 1. The molecule has 2 aromatic rings. The highest BCUT2D eigenvalue weighted by molar-refractivity contribution is 5.20. The highest BCUT2D eigenvalue weighted by Gasteiger charge is 2.08. The van der Waals surface area contributed by atoms with Crippen LogP contribution in [0.25, 0.3) is 0 Å². The van der Waals surface area contributed by atoms with E-state index < -0.39 is 0 Å². The molecule has 0 aliphatic heterocycles. The van der Waals surface area contributed by atoms with Gasteiger partial charge in [0.25, 0.3) is 0 Å². The van der Waals surface area contributed by atoms with E-state index in [0.29, 0.717) is 6.04 Å². The summed E-state index contributed by atoms with van der Waals surface area (Å²) in [6.07, 6.45) is 2.24. The molecule has 1 heteroatoms. The summed E-state index contributed by atoms with van der Waals surface area (Å²) in [5, 5.41) is 3.39. The lowest BCUT2D eigenvalue weighted by Gasteiger charge is -2.16. The lowest BCUT2D eigenvalue weighted by Crippen LogP contribution is -2.16. The lowest BCUT2D eigenvalue weighted by molar-refractivity contribution is 0.549. The molecule has 88 valence electrons. The van der Waals surface area contributed by atoms with Crippen molar-refractivity contribution >= 4 is 0 Å². The molecule has 2 aromatic carbocycles. The first kappa shape index (κ1) is 11.9. The van der Waals surface area contributed by atoms with Gasteiger partial charge in [-0.1, -0.05) is 60.7 Å². The van der Waals surface area contributed by atoms with Crippen LogP contribution in [0.5, 0.6) is 0 Å². The smallest absolute Gasteiger partial charge is 0.0320 e. The van der Waals surface area contributed by atoms with E-state index in [1.165, 1.54) is 11.1 Å². The number of benzene rings is 2. The van der Waals surface area contributed by atoms with Crippen LogP contribution in [0.15, 0.2) is 60.7 Å². The van der Waals surface area contributed by atoms with Crippen LogP contribution in [-0.2, 0) is 6.42 Å². The number of hydrogen-bond acceptors (Lipinski definition) is 1. The van der Waals surface area contributed by atoms with E-state index >= 15 is 0 Å². The zero-order chi connectivity index (χ0) is 11.9. The van der Waals surface area contributed by atoms with Crippen molar-refractivity contribution in [3.8, 4) is 0 Å². The first-order valence-electron chi connectivity index (χ1n) is 6.16. The zero-order valence-electron chi connectivity index (χ0n) is 10.3. The summed E-state index contributed by atoms with van der Waals surface area (Å²) in [6, 6.07) is 21.7. The van der Waals surface area contributed by atoms with Gasteiger partial charge in [0.1, 0.15) is 0 Å². The summed E-state index contributed by atoms with van der Waals surface area (Å²) in [7, 11) is 2.03. The minimum atomic E-state index is 0.441. The maximum atomic E-state index is 3.39. The Morgan fingerprint density at radius 2 is 1.47 bits per heavy atom. The number of nitrogens with one attached hydrogen (secondary N) is 1. The lowest BCUT2D eigenvalue weighted by atomic mass is 9.99. The summed E-state index contributed by atoms with van der Waals surface area (Å²) in [5.74, 6) is 0. The van der Waals surface area contributed by atoms with Crippen molar-refractivity contribution in [2.75, 3.05) is 7.05 Å². The molecule has 1 N–H and O–H groups in total. The van der Waals surface area contributed by atoms with Crippen LogP contribution in [-0.4, -0.2) is 7.05 Å². The van der Waals surface area contributed by atoms with Crippen molar-refractivity contribution in [1.82, 2.24) is 5.32 Å². The number of aryl methyl sites for hydroxylation is 1. The van der Waals surface area contributed by atoms with E-state index in [1.54, 1.807) is 0 Å². The van der Waals surface area contributed by atoms with Gasteiger partial charge in [-0.25, -0.2) is 0 Å². The summed E-state index contributed by atoms with van der Waals surface area (Å²) in [5.41, 5.74) is 2.77. The molecule has 0 aliphatic carbocycles. The topological polar surface area (TPSA) is 12.0 Å². The molecule has 2 rings (SSSR count). The van der Waals surface area contributed by atoms with Gasteiger partial charge >= 0.3 is 0 Å². The quantitative estimate of drug-likeness (QED) is 0.820. The van der Waals surface area contributed by atoms with Crippen LogP contribution in [0.1, 0.15) is 23.6 Å². The Balaban J connectivity index is 1.97. The molecular weight excluding hydrogens is 206 g/mol. The fraction of sp³-hybridized carbons (Fsp3) is 0.250. The van der Waals surface area contributed by atoms with Gasteiger partial charge in [0.05, 0.1) is 0 Å². The van der Waals surface area contributed by atoms with Crippen LogP contribution >= 0.6 is 0 Å². The summed E-state index contributed by atoms with van der Waals surface area (Å²) < 4.78 is 0. The Bertz CT molecular complexity index is 422. The molecule has 0 saturated carbocycles. The van der Waals surface area contributed by atoms with Crippen LogP contribution in [0.3, 0.4) is 0 Å². The van der Waals surface area contributed by atoms with Gasteiger partial charge in [-0.2, -0.15) is 0 Å². The Kier molecular flexibility index (Phi) is 4.34. The van der Waals surface area contributed by atoms with Crippen LogP contribution in [0, 0.1) is 0 Å². The molecule has 0 saturated heterocycles. The normalized spacial score (nSPS) is 12.3. The average molecular weight is 225 g/mol. The SMILES string of the molecule is CN[C@H](CCc1ccccc1)c1ccccc1. The van der Waals surface area contributed by atoms with Gasteiger partial charge in [0.2, 0.25) is 0 Å². The maximum absolute atomic E-state index is 3.39. The fourth-order valence-corrected chi connectivity index (χ4v) is 2.12. The van der Waals surface area contributed by atoms with E-state index in [2.05, 4.69) is 66.0 Å². The first-order valence-corrected chi connectivity index (χ1v) is 6.16. The van der Waals surface area contributed by atoms with E-state index in [0.717, 1.165) is 12.8 Å². The van der Waals surface area contributed by atoms with Crippen molar-refractivity contribution in [3.05, 3.63) is 71.8 Å². The summed E-state index contributed by atoms with van der Waals surface area (Å²) in [6.45, 7) is 0. The Morgan fingerprint density at radius 1 is 0.882 bits per heavy atom. The Hall–Kier alpha value is -1.60. The molecule has 1 nitrogen and oxygen atoms in total. The van der Waals surface area contributed by atoms with Gasteiger partial charge in [-0.05, 0) is 31.0 Å². The van der Waals surface area contributed by atoms with Crippen molar-refractivity contribution in [3.63, 3.8) is 0 Å². The van der Waals surface area contributed by atoms with E-state index in [4.69, 9.17) is 0 Å². The molecule has 0 aliphatic rings. The van der Waals surface area contributed by atoms with Gasteiger partial charge in [-0.3, -0.25) is 0 Å². The molecule has 0 aromatic heterocycles. The van der Waals surface area contributed by atoms with Crippen molar-refractivity contribution in [2.45, 2.75) is 18.9 Å². The molecule has 17 heavy (non-hydrogen) atoms. The molecule has 0 fully saturated rings. The van der Waals surface area contributed by atoms with Crippen LogP contribution in [0.4, 0.5) is 0 Å². The van der Waals surface area contributed by atoms with E-state index in [1.807, 2.05) is 7.05 Å². The highest BCUT2D eigenvalue weighted by Crippen LogP contribution is 2.18. The molecule has 0 unspecified atom stereocenters. The molecule has 0 bridgehead atoms. The molecule has 1 atom stereocenters. The molecular formula is C16H19N. The van der Waals surface area contributed by atoms with Gasteiger partial charge in [0.15, 0.2) is 0 Å². The average Bonchev–Trinajstić information content (AvgIpc) is 2.42. The fourth-order valence-electron chi connectivity index (χ4n) is 2.12. The Labute approximate surface area is 103 Å². The van der Waals surface area contributed by atoms with Gasteiger partial charge in [-0.15, -0.1) is 0 Å². The third-order valence-corrected chi connectivity index (χ3v) is 3.11. The predicted octanol–water partition coefficient (Wildman–Crippen LogP) is 3.58. The predicted molar refractivity (Wildman–Crippen MR) is 73.0 cm³/mol. The third kappa shape index (κ3) is 3.43. The van der Waals surface area contributed by atoms with Gasteiger partial charge in [0, 0.05) is 6.04 Å². The van der Waals surface area contributed by atoms with Crippen molar-refractivity contribution in [1.29, 1.82) is 0 Å². The Morgan fingerprint density at radius 3 is 2.06 bits per heavy atom. The minimum absolute atomic E-state index is 0.441. The van der Waals surface area contributed by atoms with Gasteiger partial charge < -0.3 is 5.32 Å². The standard InChI is InChI=1S/C16H19N/c1-17-16(15-10-6-3-7-11-15)13-12-14-8-4-2-5-9-14/h2-11,16-17H,12-13H2,1H3/t16-/m1/s1. The third-order valence-electron chi connectivity index (χ3n) is 3.11. The monoisotopic (exact) mass is 225 g/mol. The van der Waals surface area contributed by atoms with Crippen LogP contribution < -0.4 is 5.32 Å². The zero-order valence-corrected chi connectivity index (χ0v) is 10.3. The van der Waals surface area contributed by atoms with Crippen LogP contribution in [0.2, 0.25) is 0 Å². The second kappa shape index (κ2) is 6.21. The number of rotatable bonds is 5. The second-order valence-electron chi connectivity index (χ2n) is 4.28. The molecule has 0 heterocycles. The van der Waals surface area contributed by atoms with Crippen molar-refractivity contribution in [2.24, 2.45) is 0 Å². The van der Waals surface area contributed by atoms with Crippen molar-refractivity contribution < 1.29 is 0 Å². The first-order chi connectivity index (χ1) is 8.40. The largest absolute Gasteiger partial charge is 0.313 e. The van der Waals surface area contributed by atoms with E-state index in [9.17, 15) is 0 Å².